The second-order valence-corrected chi connectivity index (χ2v) is 7.78. The van der Waals surface area contributed by atoms with Crippen molar-refractivity contribution in [2.24, 2.45) is 0 Å². The zero-order chi connectivity index (χ0) is 23.5. The van der Waals surface area contributed by atoms with E-state index in [2.05, 4.69) is 15.3 Å². The van der Waals surface area contributed by atoms with E-state index in [4.69, 9.17) is 4.74 Å². The van der Waals surface area contributed by atoms with Crippen molar-refractivity contribution in [2.45, 2.75) is 0 Å². The van der Waals surface area contributed by atoms with Crippen LogP contribution in [0.4, 0.5) is 5.69 Å². The van der Waals surface area contributed by atoms with Crippen molar-refractivity contribution in [3.05, 3.63) is 114 Å². The van der Waals surface area contributed by atoms with Crippen LogP contribution in [0.1, 0.15) is 26.3 Å². The number of benzene rings is 4. The Bertz CT molecular complexity index is 1490. The van der Waals surface area contributed by atoms with Crippen LogP contribution in [0, 0.1) is 0 Å². The zero-order valence-electron chi connectivity index (χ0n) is 18.4. The first-order valence-electron chi connectivity index (χ1n) is 10.8. The molecule has 0 saturated heterocycles. The monoisotopic (exact) mass is 447 g/mol. The maximum Gasteiger partial charge on any atom is 0.255 e. The number of ether oxygens (including phenoxy) is 1. The first-order valence-corrected chi connectivity index (χ1v) is 10.8. The van der Waals surface area contributed by atoms with Gasteiger partial charge in [-0.25, -0.2) is 4.98 Å². The summed E-state index contributed by atoms with van der Waals surface area (Å²) in [5.41, 5.74) is 4.76. The summed E-state index contributed by atoms with van der Waals surface area (Å²) in [7, 11) is 1.58. The Morgan fingerprint density at radius 2 is 1.56 bits per heavy atom. The Labute approximate surface area is 196 Å². The lowest BCUT2D eigenvalue weighted by molar-refractivity contribution is 0.102. The highest BCUT2D eigenvalue weighted by Gasteiger charge is 2.13. The minimum atomic E-state index is -0.214. The molecule has 0 fully saturated rings. The van der Waals surface area contributed by atoms with E-state index < -0.39 is 0 Å². The molecule has 5 rings (SSSR count). The maximum atomic E-state index is 12.8. The summed E-state index contributed by atoms with van der Waals surface area (Å²) in [5.74, 6) is 1.09. The quantitative estimate of drug-likeness (QED) is 0.326. The SMILES string of the molecule is COc1ccc(C(=O)Nc2cccc(-c3nc4ccc(C(=O)c5ccccc5)cc4[nH]3)c2)cc1. The number of ketones is 1. The number of aromatic amines is 1. The largest absolute Gasteiger partial charge is 0.497 e. The number of carbonyl (C=O) groups excluding carboxylic acids is 2. The maximum absolute atomic E-state index is 12.8. The molecule has 0 aliphatic carbocycles. The van der Waals surface area contributed by atoms with Crippen LogP contribution in [0.2, 0.25) is 0 Å². The number of H-pyrrole nitrogens is 1. The van der Waals surface area contributed by atoms with Crippen molar-refractivity contribution in [1.29, 1.82) is 0 Å². The zero-order valence-corrected chi connectivity index (χ0v) is 18.4. The molecule has 1 amide bonds. The standard InChI is InChI=1S/C28H21N3O3/c1-34-23-13-10-19(11-14-23)28(33)29-22-9-5-8-21(16-22)27-30-24-15-12-20(17-25(24)31-27)26(32)18-6-3-2-4-7-18/h2-17H,1H3,(H,29,33)(H,30,31). The molecule has 166 valence electrons. The van der Waals surface area contributed by atoms with Gasteiger partial charge in [0, 0.05) is 27.9 Å². The van der Waals surface area contributed by atoms with Crippen molar-refractivity contribution < 1.29 is 14.3 Å². The molecular formula is C28H21N3O3. The fourth-order valence-electron chi connectivity index (χ4n) is 3.73. The second kappa shape index (κ2) is 9.03. The minimum absolute atomic E-state index is 0.0399. The van der Waals surface area contributed by atoms with Crippen LogP contribution < -0.4 is 10.1 Å². The molecule has 34 heavy (non-hydrogen) atoms. The van der Waals surface area contributed by atoms with Crippen LogP contribution in [-0.4, -0.2) is 28.8 Å². The summed E-state index contributed by atoms with van der Waals surface area (Å²) in [6, 6.07) is 29.0. The van der Waals surface area contributed by atoms with Crippen molar-refractivity contribution in [3.8, 4) is 17.1 Å². The molecule has 1 heterocycles. The van der Waals surface area contributed by atoms with E-state index in [1.165, 1.54) is 0 Å². The average molecular weight is 447 g/mol. The summed E-state index contributed by atoms with van der Waals surface area (Å²) >= 11 is 0. The minimum Gasteiger partial charge on any atom is -0.497 e. The van der Waals surface area contributed by atoms with Gasteiger partial charge in [-0.2, -0.15) is 0 Å². The van der Waals surface area contributed by atoms with Crippen LogP contribution >= 0.6 is 0 Å². The predicted molar refractivity (Wildman–Crippen MR) is 132 cm³/mol. The van der Waals surface area contributed by atoms with E-state index in [1.807, 2.05) is 54.6 Å². The number of carbonyl (C=O) groups is 2. The number of rotatable bonds is 6. The van der Waals surface area contributed by atoms with E-state index in [1.54, 1.807) is 49.6 Å². The summed E-state index contributed by atoms with van der Waals surface area (Å²) in [5, 5.41) is 2.92. The van der Waals surface area contributed by atoms with Gasteiger partial charge in [0.05, 0.1) is 18.1 Å². The number of nitrogens with one attached hydrogen (secondary N) is 2. The van der Waals surface area contributed by atoms with E-state index in [9.17, 15) is 9.59 Å². The average Bonchev–Trinajstić information content (AvgIpc) is 3.32. The molecule has 1 aromatic heterocycles. The number of hydrogen-bond acceptors (Lipinski definition) is 4. The Morgan fingerprint density at radius 1 is 0.794 bits per heavy atom. The van der Waals surface area contributed by atoms with Crippen molar-refractivity contribution in [2.75, 3.05) is 12.4 Å². The first kappa shape index (κ1) is 21.2. The number of methoxy groups -OCH3 is 1. The van der Waals surface area contributed by atoms with Crippen molar-refractivity contribution >= 4 is 28.4 Å². The lowest BCUT2D eigenvalue weighted by Gasteiger charge is -2.07. The van der Waals surface area contributed by atoms with Gasteiger partial charge in [0.2, 0.25) is 0 Å². The van der Waals surface area contributed by atoms with Crippen LogP contribution in [0.3, 0.4) is 0 Å². The summed E-state index contributed by atoms with van der Waals surface area (Å²) < 4.78 is 5.14. The summed E-state index contributed by atoms with van der Waals surface area (Å²) in [6.07, 6.45) is 0. The van der Waals surface area contributed by atoms with Gasteiger partial charge in [0.25, 0.3) is 5.91 Å². The van der Waals surface area contributed by atoms with Gasteiger partial charge >= 0.3 is 0 Å². The lowest BCUT2D eigenvalue weighted by atomic mass is 10.0. The van der Waals surface area contributed by atoms with Gasteiger partial charge in [-0.15, -0.1) is 0 Å². The Hall–Kier alpha value is -4.71. The van der Waals surface area contributed by atoms with E-state index >= 15 is 0 Å². The molecule has 0 atom stereocenters. The van der Waals surface area contributed by atoms with Crippen LogP contribution in [-0.2, 0) is 0 Å². The fourth-order valence-corrected chi connectivity index (χ4v) is 3.73. The third kappa shape index (κ3) is 4.29. The highest BCUT2D eigenvalue weighted by Crippen LogP contribution is 2.25. The number of nitrogens with zero attached hydrogens (tertiary/aromatic N) is 1. The topological polar surface area (TPSA) is 84.1 Å². The van der Waals surface area contributed by atoms with Crippen LogP contribution in [0.25, 0.3) is 22.4 Å². The highest BCUT2D eigenvalue weighted by atomic mass is 16.5. The normalized spacial score (nSPS) is 10.7. The lowest BCUT2D eigenvalue weighted by Crippen LogP contribution is -2.11. The number of fused-ring (bicyclic) bond motifs is 1. The highest BCUT2D eigenvalue weighted by molar-refractivity contribution is 6.10. The van der Waals surface area contributed by atoms with Gasteiger partial charge in [0.15, 0.2) is 5.78 Å². The molecular weight excluding hydrogens is 426 g/mol. The molecule has 0 unspecified atom stereocenters. The molecule has 0 aliphatic heterocycles. The third-order valence-corrected chi connectivity index (χ3v) is 5.53. The van der Waals surface area contributed by atoms with Crippen molar-refractivity contribution in [1.82, 2.24) is 9.97 Å². The molecule has 0 aliphatic rings. The molecule has 6 nitrogen and oxygen atoms in total. The van der Waals surface area contributed by atoms with Gasteiger partial charge in [-0.1, -0.05) is 42.5 Å². The molecule has 2 N–H and O–H groups in total. The number of aromatic nitrogens is 2. The molecule has 0 saturated carbocycles. The Morgan fingerprint density at radius 3 is 2.32 bits per heavy atom. The number of amides is 1. The molecule has 6 heteroatoms. The second-order valence-electron chi connectivity index (χ2n) is 7.78. The van der Waals surface area contributed by atoms with E-state index in [0.29, 0.717) is 34.0 Å². The molecule has 0 radical (unpaired) electrons. The van der Waals surface area contributed by atoms with E-state index in [0.717, 1.165) is 16.6 Å². The number of imidazole rings is 1. The predicted octanol–water partition coefficient (Wildman–Crippen LogP) is 5.72. The van der Waals surface area contributed by atoms with Gasteiger partial charge in [-0.05, 0) is 54.6 Å². The molecule has 4 aromatic carbocycles. The Balaban J connectivity index is 1.38. The van der Waals surface area contributed by atoms with Gasteiger partial charge < -0.3 is 15.0 Å². The van der Waals surface area contributed by atoms with Crippen LogP contribution in [0.5, 0.6) is 5.75 Å². The third-order valence-electron chi connectivity index (χ3n) is 5.53. The van der Waals surface area contributed by atoms with Crippen molar-refractivity contribution in [3.63, 3.8) is 0 Å². The summed E-state index contributed by atoms with van der Waals surface area (Å²) in [4.78, 5) is 33.4. The number of anilines is 1. The molecule has 0 bridgehead atoms. The van der Waals surface area contributed by atoms with Crippen LogP contribution in [0.15, 0.2) is 97.1 Å². The first-order chi connectivity index (χ1) is 16.6. The van der Waals surface area contributed by atoms with Gasteiger partial charge in [0.1, 0.15) is 11.6 Å². The summed E-state index contributed by atoms with van der Waals surface area (Å²) in [6.45, 7) is 0. The van der Waals surface area contributed by atoms with E-state index in [-0.39, 0.29) is 11.7 Å². The Kier molecular flexibility index (Phi) is 5.62. The molecule has 0 spiro atoms. The molecule has 5 aromatic rings. The van der Waals surface area contributed by atoms with Gasteiger partial charge in [-0.3, -0.25) is 9.59 Å². The fraction of sp³-hybridized carbons (Fsp3) is 0.0357. The smallest absolute Gasteiger partial charge is 0.255 e. The number of hydrogen-bond donors (Lipinski definition) is 2.